The second-order valence-corrected chi connectivity index (χ2v) is 10.9. The molecule has 0 radical (unpaired) electrons. The Morgan fingerprint density at radius 3 is 2.41 bits per heavy atom. The maximum absolute atomic E-state index is 13.5. The van der Waals surface area contributed by atoms with Crippen LogP contribution in [0, 0.1) is 24.1 Å². The number of nitriles is 1. The molecule has 0 saturated carbocycles. The number of amides is 1. The first-order valence-electron chi connectivity index (χ1n) is 12.6. The van der Waals surface area contributed by atoms with Gasteiger partial charge in [-0.15, -0.1) is 0 Å². The molecule has 1 aromatic heterocycles. The molecule has 0 unspecified atom stereocenters. The van der Waals surface area contributed by atoms with Gasteiger partial charge in [-0.25, -0.2) is 4.39 Å². The average Bonchev–Trinajstić information content (AvgIpc) is 3.17. The molecule has 12 heteroatoms. The summed E-state index contributed by atoms with van der Waals surface area (Å²) in [6, 6.07) is 8.35. The summed E-state index contributed by atoms with van der Waals surface area (Å²) in [6.45, 7) is 5.90. The number of aliphatic carboxylic acids is 1. The number of aromatic nitrogens is 1. The van der Waals surface area contributed by atoms with Gasteiger partial charge in [0.2, 0.25) is 0 Å². The van der Waals surface area contributed by atoms with E-state index in [2.05, 4.69) is 9.80 Å². The SMILES string of the molecule is CCCCn1c(N2CCN(c3ccc(F)cc3)CC2)c(/C=C2\SC(=S)N(CC(=O)O)C2=O)c(C)c(C#N)c1=O. The van der Waals surface area contributed by atoms with Crippen molar-refractivity contribution in [1.29, 1.82) is 5.26 Å². The molecule has 2 aliphatic heterocycles. The maximum Gasteiger partial charge on any atom is 0.323 e. The molecule has 0 spiro atoms. The van der Waals surface area contributed by atoms with E-state index in [9.17, 15) is 29.1 Å². The lowest BCUT2D eigenvalue weighted by molar-refractivity contribution is -0.140. The van der Waals surface area contributed by atoms with E-state index in [1.807, 2.05) is 13.0 Å². The summed E-state index contributed by atoms with van der Waals surface area (Å²) in [5.41, 5.74) is 1.54. The van der Waals surface area contributed by atoms with Crippen LogP contribution in [-0.2, 0) is 16.1 Å². The van der Waals surface area contributed by atoms with Crippen molar-refractivity contribution in [2.24, 2.45) is 0 Å². The highest BCUT2D eigenvalue weighted by Gasteiger charge is 2.35. The van der Waals surface area contributed by atoms with Crippen molar-refractivity contribution < 1.29 is 19.1 Å². The van der Waals surface area contributed by atoms with E-state index in [0.717, 1.165) is 35.2 Å². The molecule has 1 N–H and O–H groups in total. The van der Waals surface area contributed by atoms with E-state index in [1.165, 1.54) is 12.1 Å². The maximum atomic E-state index is 13.5. The number of thiocarbonyl (C=S) groups is 1. The first-order valence-corrected chi connectivity index (χ1v) is 13.8. The number of nitrogens with zero attached hydrogens (tertiary/aromatic N) is 5. The molecule has 2 aliphatic rings. The van der Waals surface area contributed by atoms with E-state index in [0.29, 0.717) is 49.7 Å². The van der Waals surface area contributed by atoms with Crippen LogP contribution in [0.3, 0.4) is 0 Å². The van der Waals surface area contributed by atoms with E-state index >= 15 is 0 Å². The van der Waals surface area contributed by atoms with Gasteiger partial charge in [0.15, 0.2) is 0 Å². The number of halogens is 1. The molecule has 1 aromatic carbocycles. The molecule has 39 heavy (non-hydrogen) atoms. The third-order valence-electron chi connectivity index (χ3n) is 6.80. The van der Waals surface area contributed by atoms with Gasteiger partial charge >= 0.3 is 5.97 Å². The van der Waals surface area contributed by atoms with Crippen molar-refractivity contribution in [3.63, 3.8) is 0 Å². The number of rotatable bonds is 8. The number of piperazine rings is 1. The lowest BCUT2D eigenvalue weighted by Crippen LogP contribution is -2.48. The van der Waals surface area contributed by atoms with E-state index in [4.69, 9.17) is 12.2 Å². The van der Waals surface area contributed by atoms with Crippen LogP contribution in [0.25, 0.3) is 6.08 Å². The van der Waals surface area contributed by atoms with Crippen molar-refractivity contribution in [1.82, 2.24) is 9.47 Å². The molecule has 2 saturated heterocycles. The van der Waals surface area contributed by atoms with Gasteiger partial charge in [0.25, 0.3) is 11.5 Å². The lowest BCUT2D eigenvalue weighted by atomic mass is 10.0. The topological polar surface area (TPSA) is 110 Å². The minimum atomic E-state index is -1.18. The Kier molecular flexibility index (Phi) is 8.72. The normalized spacial score (nSPS) is 16.8. The number of thioether (sulfide) groups is 1. The number of carbonyl (C=O) groups excluding carboxylic acids is 1. The van der Waals surface area contributed by atoms with Crippen LogP contribution in [0.2, 0.25) is 0 Å². The standard InChI is InChI=1S/C27H28FN5O4S2/c1-3-4-9-32-24(31-12-10-30(11-13-31)19-7-5-18(28)6-8-19)20(17(2)21(15-29)25(32)36)14-22-26(37)33(16-23(34)35)27(38)39-22/h5-8,14H,3-4,9-13,16H2,1-2H3,(H,34,35)/b22-14-. The number of anilines is 2. The summed E-state index contributed by atoms with van der Waals surface area (Å²) < 4.78 is 15.2. The van der Waals surface area contributed by atoms with Crippen LogP contribution >= 0.6 is 24.0 Å². The zero-order valence-corrected chi connectivity index (χ0v) is 23.3. The number of carbonyl (C=O) groups is 2. The molecular formula is C27H28FN5O4S2. The molecular weight excluding hydrogens is 541 g/mol. The fourth-order valence-electron chi connectivity index (χ4n) is 4.74. The summed E-state index contributed by atoms with van der Waals surface area (Å²) in [5.74, 6) is -1.39. The molecule has 204 valence electrons. The zero-order chi connectivity index (χ0) is 28.3. The van der Waals surface area contributed by atoms with Gasteiger partial charge in [-0.2, -0.15) is 5.26 Å². The molecule has 9 nitrogen and oxygen atoms in total. The average molecular weight is 570 g/mol. The van der Waals surface area contributed by atoms with Gasteiger partial charge in [0.1, 0.15) is 34.1 Å². The molecule has 2 fully saturated rings. The van der Waals surface area contributed by atoms with Gasteiger partial charge in [-0.3, -0.25) is 23.9 Å². The van der Waals surface area contributed by atoms with Crippen LogP contribution in [0.15, 0.2) is 34.0 Å². The van der Waals surface area contributed by atoms with Crippen LogP contribution in [0.4, 0.5) is 15.9 Å². The lowest BCUT2D eigenvalue weighted by Gasteiger charge is -2.39. The van der Waals surface area contributed by atoms with Crippen LogP contribution in [0.1, 0.15) is 36.5 Å². The van der Waals surface area contributed by atoms with Gasteiger partial charge < -0.3 is 14.9 Å². The summed E-state index contributed by atoms with van der Waals surface area (Å²) in [5, 5.41) is 19.0. The highest BCUT2D eigenvalue weighted by molar-refractivity contribution is 8.26. The summed E-state index contributed by atoms with van der Waals surface area (Å²) in [7, 11) is 0. The van der Waals surface area contributed by atoms with Gasteiger partial charge in [-0.1, -0.05) is 37.3 Å². The molecule has 0 bridgehead atoms. The highest BCUT2D eigenvalue weighted by Crippen LogP contribution is 2.36. The minimum Gasteiger partial charge on any atom is -0.480 e. The number of benzene rings is 1. The van der Waals surface area contributed by atoms with E-state index in [1.54, 1.807) is 29.7 Å². The van der Waals surface area contributed by atoms with Crippen LogP contribution in [0.5, 0.6) is 0 Å². The fourth-order valence-corrected chi connectivity index (χ4v) is 5.98. The second kappa shape index (κ2) is 12.0. The van der Waals surface area contributed by atoms with Gasteiger partial charge in [0.05, 0.1) is 4.91 Å². The second-order valence-electron chi connectivity index (χ2n) is 9.27. The predicted molar refractivity (Wildman–Crippen MR) is 153 cm³/mol. The summed E-state index contributed by atoms with van der Waals surface area (Å²) >= 11 is 6.26. The van der Waals surface area contributed by atoms with Crippen molar-refractivity contribution >= 4 is 57.8 Å². The smallest absolute Gasteiger partial charge is 0.323 e. The van der Waals surface area contributed by atoms with Gasteiger partial charge in [-0.05, 0) is 49.2 Å². The number of unbranched alkanes of at least 4 members (excludes halogenated alkanes) is 1. The Balaban J connectivity index is 1.79. The third kappa shape index (κ3) is 5.84. The van der Waals surface area contributed by atoms with Gasteiger partial charge in [0, 0.05) is 44.0 Å². The molecule has 4 rings (SSSR count). The Morgan fingerprint density at radius 1 is 1.18 bits per heavy atom. The first-order chi connectivity index (χ1) is 18.7. The Morgan fingerprint density at radius 2 is 1.82 bits per heavy atom. The van der Waals surface area contributed by atoms with Crippen molar-refractivity contribution in [3.8, 4) is 6.07 Å². The Hall–Kier alpha value is -3.69. The number of pyridine rings is 1. The van der Waals surface area contributed by atoms with E-state index < -0.39 is 18.4 Å². The Labute approximate surface area is 235 Å². The van der Waals surface area contributed by atoms with E-state index in [-0.39, 0.29) is 26.2 Å². The number of carboxylic acid groups (broad SMARTS) is 1. The molecule has 0 aliphatic carbocycles. The van der Waals surface area contributed by atoms with Crippen molar-refractivity contribution in [2.45, 2.75) is 33.2 Å². The molecule has 1 amide bonds. The van der Waals surface area contributed by atoms with Crippen molar-refractivity contribution in [3.05, 3.63) is 62.0 Å². The molecule has 2 aromatic rings. The quantitative estimate of drug-likeness (QED) is 0.377. The first kappa shape index (κ1) is 28.3. The highest BCUT2D eigenvalue weighted by atomic mass is 32.2. The van der Waals surface area contributed by atoms with Crippen LogP contribution < -0.4 is 15.4 Å². The monoisotopic (exact) mass is 569 g/mol. The Bertz CT molecular complexity index is 1440. The fraction of sp³-hybridized carbons (Fsp3) is 0.370. The predicted octanol–water partition coefficient (Wildman–Crippen LogP) is 3.58. The molecule has 0 atom stereocenters. The van der Waals surface area contributed by atoms with Crippen LogP contribution in [-0.4, -0.2) is 63.5 Å². The number of hydrogen-bond donors (Lipinski definition) is 1. The number of hydrogen-bond acceptors (Lipinski definition) is 8. The zero-order valence-electron chi connectivity index (χ0n) is 21.6. The largest absolute Gasteiger partial charge is 0.480 e. The summed E-state index contributed by atoms with van der Waals surface area (Å²) in [6.07, 6.45) is 3.18. The molecule has 3 heterocycles. The summed E-state index contributed by atoms with van der Waals surface area (Å²) in [4.78, 5) is 43.3. The van der Waals surface area contributed by atoms with Crippen molar-refractivity contribution in [2.75, 3.05) is 42.5 Å². The number of carboxylic acids is 1. The minimum absolute atomic E-state index is 0.00654. The third-order valence-corrected chi connectivity index (χ3v) is 8.17.